The summed E-state index contributed by atoms with van der Waals surface area (Å²) in [6.07, 6.45) is 8.53. The number of allylic oxidation sites excluding steroid dienone is 2. The van der Waals surface area contributed by atoms with Gasteiger partial charge >= 0.3 is 5.66 Å². The van der Waals surface area contributed by atoms with Gasteiger partial charge in [0.25, 0.3) is 0 Å². The van der Waals surface area contributed by atoms with Crippen LogP contribution >= 0.6 is 0 Å². The molecule has 6 nitrogen and oxygen atoms in total. The topological polar surface area (TPSA) is 86.3 Å². The molecule has 0 amide bonds. The lowest BCUT2D eigenvalue weighted by atomic mass is 9.88. The maximum atomic E-state index is 11.2. The Bertz CT molecular complexity index is 591. The first kappa shape index (κ1) is 13.7. The van der Waals surface area contributed by atoms with Crippen LogP contribution < -0.4 is 0 Å². The third-order valence-corrected chi connectivity index (χ3v) is 3.14. The van der Waals surface area contributed by atoms with Crippen molar-refractivity contribution in [2.45, 2.75) is 5.66 Å². The van der Waals surface area contributed by atoms with Crippen molar-refractivity contribution >= 4 is 6.08 Å². The second-order valence-corrected chi connectivity index (χ2v) is 4.34. The largest absolute Gasteiger partial charge is 0.487 e. The minimum atomic E-state index is -2.33. The van der Waals surface area contributed by atoms with Gasteiger partial charge in [0.2, 0.25) is 0 Å². The highest BCUT2D eigenvalue weighted by Crippen LogP contribution is 2.30. The van der Waals surface area contributed by atoms with Gasteiger partial charge in [-0.25, -0.2) is 0 Å². The molecule has 1 aromatic carbocycles. The number of rotatable bonds is 4. The number of hydrogen-bond acceptors (Lipinski definition) is 4. The molecule has 2 rings (SSSR count). The molecule has 0 saturated carbocycles. The Kier molecular flexibility index (Phi) is 3.74. The monoisotopic (exact) mass is 272 g/mol. The van der Waals surface area contributed by atoms with E-state index in [0.29, 0.717) is 0 Å². The third kappa shape index (κ3) is 2.35. The molecule has 0 radical (unpaired) electrons. The van der Waals surface area contributed by atoms with E-state index in [1.807, 2.05) is 30.3 Å². The van der Waals surface area contributed by atoms with E-state index >= 15 is 0 Å². The van der Waals surface area contributed by atoms with Crippen molar-refractivity contribution in [1.82, 2.24) is 0 Å². The molecule has 20 heavy (non-hydrogen) atoms. The van der Waals surface area contributed by atoms with Gasteiger partial charge in [-0.2, -0.15) is 0 Å². The van der Waals surface area contributed by atoms with Crippen LogP contribution in [0.4, 0.5) is 0 Å². The van der Waals surface area contributed by atoms with Crippen LogP contribution in [0.5, 0.6) is 0 Å². The molecule has 0 fully saturated rings. The van der Waals surface area contributed by atoms with E-state index in [-0.39, 0.29) is 0 Å². The van der Waals surface area contributed by atoms with Crippen molar-refractivity contribution < 1.29 is 9.85 Å². The first-order chi connectivity index (χ1) is 9.57. The molecule has 1 atom stereocenters. The Labute approximate surface area is 115 Å². The molecule has 0 bridgehead atoms. The maximum Gasteiger partial charge on any atom is 0.487 e. The summed E-state index contributed by atoms with van der Waals surface area (Å²) in [6, 6.07) is 9.13. The number of hydrogen-bond donors (Lipinski definition) is 0. The predicted molar refractivity (Wildman–Crippen MR) is 74.0 cm³/mol. The molecule has 0 saturated heterocycles. The number of nitrogens with zero attached hydrogens (tertiary/aromatic N) is 2. The average molecular weight is 272 g/mol. The van der Waals surface area contributed by atoms with Crippen molar-refractivity contribution in [3.05, 3.63) is 86.5 Å². The average Bonchev–Trinajstić information content (AvgIpc) is 2.46. The first-order valence-electron chi connectivity index (χ1n) is 5.95. The molecule has 0 aromatic heterocycles. The lowest BCUT2D eigenvalue weighted by molar-refractivity contribution is -0.786. The molecular weight excluding hydrogens is 260 g/mol. The minimum Gasteiger partial charge on any atom is -0.258 e. The third-order valence-electron chi connectivity index (χ3n) is 3.14. The first-order valence-corrected chi connectivity index (χ1v) is 5.95. The zero-order chi connectivity index (χ0) is 14.6. The lowest BCUT2D eigenvalue weighted by Crippen LogP contribution is -2.50. The molecular formula is C14H12N2O4. The Morgan fingerprint density at radius 3 is 2.30 bits per heavy atom. The van der Waals surface area contributed by atoms with E-state index in [1.165, 1.54) is 18.2 Å². The zero-order valence-corrected chi connectivity index (χ0v) is 10.5. The molecule has 102 valence electrons. The van der Waals surface area contributed by atoms with Crippen LogP contribution in [0.25, 0.3) is 6.08 Å². The fraction of sp³-hybridized carbons (Fsp3) is 0.143. The molecule has 0 aliphatic heterocycles. The maximum absolute atomic E-state index is 11.2. The van der Waals surface area contributed by atoms with Crippen molar-refractivity contribution in [3.63, 3.8) is 0 Å². The fourth-order valence-electron chi connectivity index (χ4n) is 2.05. The highest BCUT2D eigenvalue weighted by Gasteiger charge is 2.59. The van der Waals surface area contributed by atoms with Gasteiger partial charge in [0, 0.05) is 0 Å². The van der Waals surface area contributed by atoms with Gasteiger partial charge in [-0.15, -0.1) is 0 Å². The normalized spacial score (nSPS) is 20.1. The predicted octanol–water partition coefficient (Wildman–Crippen LogP) is 2.69. The highest BCUT2D eigenvalue weighted by molar-refractivity contribution is 5.50. The van der Waals surface area contributed by atoms with Crippen LogP contribution in [0.15, 0.2) is 60.7 Å². The molecule has 1 aromatic rings. The van der Waals surface area contributed by atoms with E-state index < -0.39 is 21.4 Å². The second-order valence-electron chi connectivity index (χ2n) is 4.34. The van der Waals surface area contributed by atoms with E-state index in [2.05, 4.69) is 0 Å². The SMILES string of the molecule is O=[N+]([O-])C1([N+](=O)[O-])C=CC=CC1C=Cc1ccccc1. The number of nitro groups is 2. The summed E-state index contributed by atoms with van der Waals surface area (Å²) < 4.78 is 0. The second kappa shape index (κ2) is 5.48. The summed E-state index contributed by atoms with van der Waals surface area (Å²) in [5.74, 6) is -0.933. The van der Waals surface area contributed by atoms with Crippen molar-refractivity contribution in [1.29, 1.82) is 0 Å². The van der Waals surface area contributed by atoms with Crippen LogP contribution in [-0.2, 0) is 0 Å². The molecule has 0 N–H and O–H groups in total. The van der Waals surface area contributed by atoms with Crippen LogP contribution in [0.1, 0.15) is 5.56 Å². The van der Waals surface area contributed by atoms with Gasteiger partial charge in [0.05, 0.1) is 6.08 Å². The fourth-order valence-corrected chi connectivity index (χ4v) is 2.05. The van der Waals surface area contributed by atoms with Gasteiger partial charge in [0.1, 0.15) is 15.8 Å². The summed E-state index contributed by atoms with van der Waals surface area (Å²) in [5.41, 5.74) is -1.50. The molecule has 1 aliphatic rings. The Morgan fingerprint density at radius 1 is 1.05 bits per heavy atom. The smallest absolute Gasteiger partial charge is 0.258 e. The zero-order valence-electron chi connectivity index (χ0n) is 10.5. The number of benzene rings is 1. The van der Waals surface area contributed by atoms with E-state index in [4.69, 9.17) is 0 Å². The minimum absolute atomic E-state index is 0.830. The van der Waals surface area contributed by atoms with Crippen molar-refractivity contribution in [2.75, 3.05) is 0 Å². The van der Waals surface area contributed by atoms with Gasteiger partial charge in [-0.3, -0.25) is 20.2 Å². The Balaban J connectivity index is 2.36. The molecule has 6 heteroatoms. The van der Waals surface area contributed by atoms with Crippen LogP contribution in [0.2, 0.25) is 0 Å². The molecule has 1 aliphatic carbocycles. The van der Waals surface area contributed by atoms with Gasteiger partial charge < -0.3 is 0 Å². The standard InChI is InChI=1S/C14H12N2O4/c17-15(18)14(16(19)20)11-5-4-8-13(14)10-9-12-6-2-1-3-7-12/h1-11,13H. The van der Waals surface area contributed by atoms with Gasteiger partial charge in [-0.05, 0) is 5.56 Å². The van der Waals surface area contributed by atoms with E-state index in [0.717, 1.165) is 11.6 Å². The summed E-state index contributed by atoms with van der Waals surface area (Å²) in [7, 11) is 0. The molecule has 1 unspecified atom stereocenters. The Morgan fingerprint density at radius 2 is 1.70 bits per heavy atom. The lowest BCUT2D eigenvalue weighted by Gasteiger charge is -2.20. The summed E-state index contributed by atoms with van der Waals surface area (Å²) in [6.45, 7) is 0. The van der Waals surface area contributed by atoms with Crippen LogP contribution in [0.3, 0.4) is 0 Å². The molecule has 0 heterocycles. The Hall–Kier alpha value is -2.76. The summed E-state index contributed by atoms with van der Waals surface area (Å²) >= 11 is 0. The van der Waals surface area contributed by atoms with Gasteiger partial charge in [-0.1, -0.05) is 60.7 Å². The quantitative estimate of drug-likeness (QED) is 0.479. The van der Waals surface area contributed by atoms with Crippen LogP contribution in [-0.4, -0.2) is 15.5 Å². The summed E-state index contributed by atoms with van der Waals surface area (Å²) in [5, 5.41) is 22.4. The van der Waals surface area contributed by atoms with Gasteiger partial charge in [0.15, 0.2) is 0 Å². The van der Waals surface area contributed by atoms with Crippen molar-refractivity contribution in [3.8, 4) is 0 Å². The van der Waals surface area contributed by atoms with E-state index in [9.17, 15) is 20.2 Å². The summed E-state index contributed by atoms with van der Waals surface area (Å²) in [4.78, 5) is 20.7. The van der Waals surface area contributed by atoms with Crippen LogP contribution in [0, 0.1) is 26.1 Å². The van der Waals surface area contributed by atoms with Crippen molar-refractivity contribution in [2.24, 2.45) is 5.92 Å². The highest BCUT2D eigenvalue weighted by atomic mass is 16.7. The molecule has 0 spiro atoms. The van der Waals surface area contributed by atoms with E-state index in [1.54, 1.807) is 12.2 Å².